The average molecular weight is 325 g/mol. The van der Waals surface area contributed by atoms with Crippen LogP contribution in [0, 0.1) is 13.8 Å². The molecule has 5 heteroatoms. The van der Waals surface area contributed by atoms with E-state index < -0.39 is 0 Å². The molecule has 3 rings (SSSR count). The first kappa shape index (κ1) is 15.6. The fraction of sp³-hybridized carbons (Fsp3) is 0.222. The van der Waals surface area contributed by atoms with Crippen molar-refractivity contribution in [2.45, 2.75) is 19.6 Å². The van der Waals surface area contributed by atoms with Gasteiger partial charge in [-0.2, -0.15) is 0 Å². The van der Waals surface area contributed by atoms with Crippen molar-refractivity contribution in [2.75, 3.05) is 11.1 Å². The maximum atomic E-state index is 12.0. The van der Waals surface area contributed by atoms with E-state index in [-0.39, 0.29) is 5.91 Å². The number of thioether (sulfide) groups is 1. The second kappa shape index (κ2) is 6.87. The van der Waals surface area contributed by atoms with Gasteiger partial charge in [-0.05, 0) is 49.2 Å². The van der Waals surface area contributed by atoms with Crippen LogP contribution < -0.4 is 5.32 Å². The Hall–Kier alpha value is -2.27. The number of carbonyl (C=O) groups excluding carboxylic acids is 1. The van der Waals surface area contributed by atoms with E-state index >= 15 is 0 Å². The predicted molar refractivity (Wildman–Crippen MR) is 96.8 cm³/mol. The van der Waals surface area contributed by atoms with Crippen molar-refractivity contribution in [3.63, 3.8) is 0 Å². The minimum Gasteiger partial charge on any atom is -0.341 e. The lowest BCUT2D eigenvalue weighted by Crippen LogP contribution is -2.14. The Morgan fingerprint density at radius 1 is 1.17 bits per heavy atom. The minimum atomic E-state index is 0.00867. The number of hydrogen-bond donors (Lipinski definition) is 2. The van der Waals surface area contributed by atoms with Gasteiger partial charge in [0.2, 0.25) is 5.91 Å². The lowest BCUT2D eigenvalue weighted by molar-refractivity contribution is -0.113. The largest absolute Gasteiger partial charge is 0.341 e. The summed E-state index contributed by atoms with van der Waals surface area (Å²) in [6.45, 7) is 4.10. The first-order valence-electron chi connectivity index (χ1n) is 7.50. The van der Waals surface area contributed by atoms with Crippen LogP contribution in [-0.2, 0) is 10.5 Å². The van der Waals surface area contributed by atoms with Crippen molar-refractivity contribution < 1.29 is 4.79 Å². The van der Waals surface area contributed by atoms with Crippen LogP contribution in [0.25, 0.3) is 11.0 Å². The molecule has 2 N–H and O–H groups in total. The smallest absolute Gasteiger partial charge is 0.234 e. The number of imidazole rings is 1. The van der Waals surface area contributed by atoms with Gasteiger partial charge in [-0.25, -0.2) is 4.98 Å². The van der Waals surface area contributed by atoms with Crippen LogP contribution in [0.3, 0.4) is 0 Å². The lowest BCUT2D eigenvalue weighted by atomic mass is 10.1. The van der Waals surface area contributed by atoms with Crippen molar-refractivity contribution in [3.8, 4) is 0 Å². The quantitative estimate of drug-likeness (QED) is 0.744. The molecule has 0 atom stereocenters. The highest BCUT2D eigenvalue weighted by molar-refractivity contribution is 7.99. The summed E-state index contributed by atoms with van der Waals surface area (Å²) in [4.78, 5) is 19.8. The van der Waals surface area contributed by atoms with Gasteiger partial charge in [-0.15, -0.1) is 11.8 Å². The third-order valence-electron chi connectivity index (χ3n) is 3.70. The maximum absolute atomic E-state index is 12.0. The van der Waals surface area contributed by atoms with E-state index in [0.29, 0.717) is 11.5 Å². The zero-order valence-electron chi connectivity index (χ0n) is 13.2. The van der Waals surface area contributed by atoms with Crippen LogP contribution in [0.5, 0.6) is 0 Å². The van der Waals surface area contributed by atoms with Gasteiger partial charge in [0, 0.05) is 5.69 Å². The van der Waals surface area contributed by atoms with Crippen molar-refractivity contribution in [1.29, 1.82) is 0 Å². The number of amides is 1. The predicted octanol–water partition coefficient (Wildman–Crippen LogP) is 4.05. The van der Waals surface area contributed by atoms with E-state index in [4.69, 9.17) is 0 Å². The van der Waals surface area contributed by atoms with E-state index in [0.717, 1.165) is 22.5 Å². The monoisotopic (exact) mass is 325 g/mol. The SMILES string of the molecule is Cc1ccc(NC(=O)CSCc2nc3ccccc3[nH]2)cc1C. The number of rotatable bonds is 5. The molecule has 0 bridgehead atoms. The molecule has 2 aromatic carbocycles. The van der Waals surface area contributed by atoms with Crippen molar-refractivity contribution in [1.82, 2.24) is 9.97 Å². The summed E-state index contributed by atoms with van der Waals surface area (Å²) in [5, 5.41) is 2.93. The van der Waals surface area contributed by atoms with E-state index in [1.54, 1.807) is 11.8 Å². The molecule has 0 saturated heterocycles. The van der Waals surface area contributed by atoms with Gasteiger partial charge >= 0.3 is 0 Å². The number of aromatic amines is 1. The summed E-state index contributed by atoms with van der Waals surface area (Å²) in [5.41, 5.74) is 5.24. The molecule has 0 spiro atoms. The maximum Gasteiger partial charge on any atom is 0.234 e. The molecule has 0 aliphatic rings. The van der Waals surface area contributed by atoms with Gasteiger partial charge < -0.3 is 10.3 Å². The van der Waals surface area contributed by atoms with Gasteiger partial charge in [-0.3, -0.25) is 4.79 Å². The summed E-state index contributed by atoms with van der Waals surface area (Å²) < 4.78 is 0. The highest BCUT2D eigenvalue weighted by atomic mass is 32.2. The number of benzene rings is 2. The number of carbonyl (C=O) groups is 1. The van der Waals surface area contributed by atoms with Crippen molar-refractivity contribution in [2.24, 2.45) is 0 Å². The van der Waals surface area contributed by atoms with Gasteiger partial charge in [-0.1, -0.05) is 18.2 Å². The lowest BCUT2D eigenvalue weighted by Gasteiger charge is -2.07. The number of nitrogens with one attached hydrogen (secondary N) is 2. The molecule has 0 radical (unpaired) electrons. The fourth-order valence-electron chi connectivity index (χ4n) is 2.33. The molecule has 0 fully saturated rings. The summed E-state index contributed by atoms with van der Waals surface area (Å²) in [6.07, 6.45) is 0. The number of para-hydroxylation sites is 2. The zero-order valence-corrected chi connectivity index (χ0v) is 14.0. The fourth-order valence-corrected chi connectivity index (χ4v) is 3.02. The van der Waals surface area contributed by atoms with Crippen LogP contribution in [-0.4, -0.2) is 21.6 Å². The van der Waals surface area contributed by atoms with E-state index in [1.807, 2.05) is 49.4 Å². The van der Waals surface area contributed by atoms with Gasteiger partial charge in [0.1, 0.15) is 5.82 Å². The van der Waals surface area contributed by atoms with E-state index in [1.165, 1.54) is 11.1 Å². The van der Waals surface area contributed by atoms with Crippen LogP contribution in [0.1, 0.15) is 17.0 Å². The number of nitrogens with zero attached hydrogens (tertiary/aromatic N) is 1. The Morgan fingerprint density at radius 3 is 2.78 bits per heavy atom. The molecule has 3 aromatic rings. The van der Waals surface area contributed by atoms with Crippen LogP contribution in [0.4, 0.5) is 5.69 Å². The average Bonchev–Trinajstić information content (AvgIpc) is 2.93. The van der Waals surface area contributed by atoms with Crippen LogP contribution in [0.2, 0.25) is 0 Å². The summed E-state index contributed by atoms with van der Waals surface area (Å²) in [7, 11) is 0. The molecule has 23 heavy (non-hydrogen) atoms. The third-order valence-corrected chi connectivity index (χ3v) is 4.64. The Bertz CT molecular complexity index is 808. The zero-order chi connectivity index (χ0) is 16.2. The number of fused-ring (bicyclic) bond motifs is 1. The molecule has 1 heterocycles. The minimum absolute atomic E-state index is 0.00867. The van der Waals surface area contributed by atoms with Gasteiger partial charge in [0.05, 0.1) is 22.5 Å². The van der Waals surface area contributed by atoms with Crippen LogP contribution >= 0.6 is 11.8 Å². The summed E-state index contributed by atoms with van der Waals surface area (Å²) >= 11 is 1.55. The number of aromatic nitrogens is 2. The third kappa shape index (κ3) is 3.93. The van der Waals surface area contributed by atoms with Crippen molar-refractivity contribution in [3.05, 3.63) is 59.4 Å². The highest BCUT2D eigenvalue weighted by Gasteiger charge is 2.06. The summed E-state index contributed by atoms with van der Waals surface area (Å²) in [5.74, 6) is 2.00. The molecular weight excluding hydrogens is 306 g/mol. The highest BCUT2D eigenvalue weighted by Crippen LogP contribution is 2.17. The molecular formula is C18H19N3OS. The summed E-state index contributed by atoms with van der Waals surface area (Å²) in [6, 6.07) is 13.9. The first-order valence-corrected chi connectivity index (χ1v) is 8.66. The number of H-pyrrole nitrogens is 1. The van der Waals surface area contributed by atoms with E-state index in [2.05, 4.69) is 22.2 Å². The molecule has 0 aliphatic carbocycles. The molecule has 0 saturated carbocycles. The molecule has 118 valence electrons. The second-order valence-corrected chi connectivity index (χ2v) is 6.53. The number of aryl methyl sites for hydroxylation is 2. The standard InChI is InChI=1S/C18H19N3OS/c1-12-7-8-14(9-13(12)2)19-18(22)11-23-10-17-20-15-5-3-4-6-16(15)21-17/h3-9H,10-11H2,1-2H3,(H,19,22)(H,20,21). The normalized spacial score (nSPS) is 10.9. The topological polar surface area (TPSA) is 57.8 Å². The second-order valence-electron chi connectivity index (χ2n) is 5.54. The Balaban J connectivity index is 1.51. The molecule has 4 nitrogen and oxygen atoms in total. The first-order chi connectivity index (χ1) is 11.1. The van der Waals surface area contributed by atoms with Crippen molar-refractivity contribution >= 4 is 34.4 Å². The van der Waals surface area contributed by atoms with Crippen LogP contribution in [0.15, 0.2) is 42.5 Å². The molecule has 0 aliphatic heterocycles. The van der Waals surface area contributed by atoms with Gasteiger partial charge in [0.15, 0.2) is 0 Å². The Morgan fingerprint density at radius 2 is 2.00 bits per heavy atom. The molecule has 1 aromatic heterocycles. The molecule has 1 amide bonds. The number of anilines is 1. The molecule has 0 unspecified atom stereocenters. The Kier molecular flexibility index (Phi) is 4.67. The number of hydrogen-bond acceptors (Lipinski definition) is 3. The Labute approximate surface area is 139 Å². The van der Waals surface area contributed by atoms with E-state index in [9.17, 15) is 4.79 Å². The van der Waals surface area contributed by atoms with Gasteiger partial charge in [0.25, 0.3) is 0 Å².